The van der Waals surface area contributed by atoms with Crippen LogP contribution >= 0.6 is 0 Å². The van der Waals surface area contributed by atoms with E-state index in [1.165, 1.54) is 0 Å². The number of fused-ring (bicyclic) bond motifs is 2. The second kappa shape index (κ2) is 4.62. The molecule has 2 atom stereocenters. The highest BCUT2D eigenvalue weighted by Crippen LogP contribution is 2.29. The molecule has 2 heterocycles. The van der Waals surface area contributed by atoms with Crippen molar-refractivity contribution in [2.75, 3.05) is 6.54 Å². The summed E-state index contributed by atoms with van der Waals surface area (Å²) >= 11 is 0. The zero-order valence-corrected chi connectivity index (χ0v) is 11.7. The molecule has 4 heteroatoms. The lowest BCUT2D eigenvalue weighted by atomic mass is 10.1. The van der Waals surface area contributed by atoms with Crippen molar-refractivity contribution >= 4 is 10.0 Å². The normalized spacial score (nSPS) is 26.6. The minimum atomic E-state index is -3.39. The molecule has 1 aromatic carbocycles. The van der Waals surface area contributed by atoms with Crippen LogP contribution in [0.3, 0.4) is 0 Å². The van der Waals surface area contributed by atoms with Crippen LogP contribution in [0.15, 0.2) is 53.5 Å². The predicted molar refractivity (Wildman–Crippen MR) is 75.2 cm³/mol. The first-order valence-corrected chi connectivity index (χ1v) is 7.95. The lowest BCUT2D eigenvalue weighted by Crippen LogP contribution is -2.42. The Hall–Kier alpha value is -1.39. The molecule has 0 spiro atoms. The molecule has 0 saturated carbocycles. The average molecular weight is 275 g/mol. The highest BCUT2D eigenvalue weighted by atomic mass is 32.2. The number of rotatable bonds is 2. The molecular weight excluding hydrogens is 258 g/mol. The summed E-state index contributed by atoms with van der Waals surface area (Å²) in [5.41, 5.74) is 1.07. The summed E-state index contributed by atoms with van der Waals surface area (Å²) < 4.78 is 27.0. The number of sulfonamides is 1. The molecule has 2 aliphatic heterocycles. The SMILES string of the molecule is Cc1ccc(S(=O)(=O)N2CC3C=CCC2C=C3)cc1. The third-order valence-electron chi connectivity index (χ3n) is 3.73. The van der Waals surface area contributed by atoms with Crippen LogP contribution < -0.4 is 0 Å². The van der Waals surface area contributed by atoms with E-state index >= 15 is 0 Å². The van der Waals surface area contributed by atoms with Gasteiger partial charge in [-0.05, 0) is 25.5 Å². The molecule has 3 nitrogen and oxygen atoms in total. The predicted octanol–water partition coefficient (Wildman–Crippen LogP) is 2.50. The molecule has 0 aromatic heterocycles. The number of hydrogen-bond donors (Lipinski definition) is 0. The fourth-order valence-corrected chi connectivity index (χ4v) is 4.24. The maximum atomic E-state index is 12.7. The molecule has 19 heavy (non-hydrogen) atoms. The maximum absolute atomic E-state index is 12.7. The Morgan fingerprint density at radius 1 is 1.11 bits per heavy atom. The van der Waals surface area contributed by atoms with E-state index < -0.39 is 10.0 Å². The second-order valence-electron chi connectivity index (χ2n) is 5.17. The third-order valence-corrected chi connectivity index (χ3v) is 5.63. The van der Waals surface area contributed by atoms with Gasteiger partial charge in [-0.2, -0.15) is 4.31 Å². The van der Waals surface area contributed by atoms with Gasteiger partial charge in [-0.3, -0.25) is 0 Å². The Morgan fingerprint density at radius 2 is 1.84 bits per heavy atom. The highest BCUT2D eigenvalue weighted by Gasteiger charge is 2.34. The summed E-state index contributed by atoms with van der Waals surface area (Å²) in [5, 5.41) is 0. The van der Waals surface area contributed by atoms with Crippen molar-refractivity contribution in [3.8, 4) is 0 Å². The van der Waals surface area contributed by atoms with Gasteiger partial charge in [-0.15, -0.1) is 0 Å². The van der Waals surface area contributed by atoms with Gasteiger partial charge in [-0.1, -0.05) is 42.0 Å². The molecule has 0 amide bonds. The molecule has 2 unspecified atom stereocenters. The van der Waals surface area contributed by atoms with Gasteiger partial charge in [0.2, 0.25) is 10.0 Å². The van der Waals surface area contributed by atoms with Gasteiger partial charge >= 0.3 is 0 Å². The van der Waals surface area contributed by atoms with Crippen LogP contribution in [-0.4, -0.2) is 25.3 Å². The smallest absolute Gasteiger partial charge is 0.207 e. The largest absolute Gasteiger partial charge is 0.243 e. The summed E-state index contributed by atoms with van der Waals surface area (Å²) in [6, 6.07) is 7.04. The quantitative estimate of drug-likeness (QED) is 0.778. The van der Waals surface area contributed by atoms with Gasteiger partial charge in [0, 0.05) is 18.5 Å². The van der Waals surface area contributed by atoms with E-state index in [0.717, 1.165) is 12.0 Å². The van der Waals surface area contributed by atoms with Crippen LogP contribution in [0.25, 0.3) is 0 Å². The fraction of sp³-hybridized carbons (Fsp3) is 0.333. The molecule has 0 saturated heterocycles. The number of benzene rings is 1. The van der Waals surface area contributed by atoms with Gasteiger partial charge in [-0.25, -0.2) is 8.42 Å². The van der Waals surface area contributed by atoms with E-state index in [2.05, 4.69) is 18.2 Å². The first kappa shape index (κ1) is 12.6. The monoisotopic (exact) mass is 275 g/mol. The lowest BCUT2D eigenvalue weighted by molar-refractivity contribution is 0.340. The van der Waals surface area contributed by atoms with Gasteiger partial charge in [0.1, 0.15) is 0 Å². The minimum Gasteiger partial charge on any atom is -0.207 e. The van der Waals surface area contributed by atoms with Crippen molar-refractivity contribution in [3.05, 3.63) is 54.1 Å². The zero-order chi connectivity index (χ0) is 13.5. The van der Waals surface area contributed by atoms with Crippen LogP contribution in [0.4, 0.5) is 0 Å². The average Bonchev–Trinajstić information content (AvgIpc) is 2.74. The maximum Gasteiger partial charge on any atom is 0.243 e. The summed E-state index contributed by atoms with van der Waals surface area (Å²) in [5.74, 6) is 0.207. The molecule has 100 valence electrons. The first-order valence-electron chi connectivity index (χ1n) is 6.51. The van der Waals surface area contributed by atoms with Gasteiger partial charge in [0.15, 0.2) is 0 Å². The molecule has 0 N–H and O–H groups in total. The lowest BCUT2D eigenvalue weighted by Gasteiger charge is -2.31. The van der Waals surface area contributed by atoms with Crippen molar-refractivity contribution in [2.24, 2.45) is 5.92 Å². The molecule has 0 fully saturated rings. The summed E-state index contributed by atoms with van der Waals surface area (Å²) in [7, 11) is -3.39. The van der Waals surface area contributed by atoms with Gasteiger partial charge < -0.3 is 0 Å². The van der Waals surface area contributed by atoms with Gasteiger partial charge in [0.05, 0.1) is 4.90 Å². The molecule has 2 bridgehead atoms. The van der Waals surface area contributed by atoms with Crippen LogP contribution in [0, 0.1) is 12.8 Å². The Bertz CT molecular complexity index is 629. The Labute approximate surface area is 114 Å². The van der Waals surface area contributed by atoms with Crippen molar-refractivity contribution < 1.29 is 8.42 Å². The number of hydrogen-bond acceptors (Lipinski definition) is 2. The van der Waals surface area contributed by atoms with Gasteiger partial charge in [0.25, 0.3) is 0 Å². The first-order chi connectivity index (χ1) is 9.07. The van der Waals surface area contributed by atoms with Crippen LogP contribution in [0.2, 0.25) is 0 Å². The summed E-state index contributed by atoms with van der Waals surface area (Å²) in [6.07, 6.45) is 9.06. The topological polar surface area (TPSA) is 37.4 Å². The third kappa shape index (κ3) is 2.26. The van der Waals surface area contributed by atoms with E-state index in [4.69, 9.17) is 0 Å². The van der Waals surface area contributed by atoms with Crippen molar-refractivity contribution in [2.45, 2.75) is 24.3 Å². The highest BCUT2D eigenvalue weighted by molar-refractivity contribution is 7.89. The van der Waals surface area contributed by atoms with E-state index in [0.29, 0.717) is 11.4 Å². The van der Waals surface area contributed by atoms with Crippen molar-refractivity contribution in [1.82, 2.24) is 4.31 Å². The fourth-order valence-electron chi connectivity index (χ4n) is 2.61. The van der Waals surface area contributed by atoms with Crippen LogP contribution in [0.5, 0.6) is 0 Å². The summed E-state index contributed by atoms with van der Waals surface area (Å²) in [6.45, 7) is 2.50. The number of nitrogens with zero attached hydrogens (tertiary/aromatic N) is 1. The molecule has 1 aromatic rings. The van der Waals surface area contributed by atoms with E-state index in [-0.39, 0.29) is 12.0 Å². The Kier molecular flexibility index (Phi) is 3.07. The molecule has 1 aliphatic carbocycles. The molecule has 4 rings (SSSR count). The molecule has 3 aliphatic rings. The Balaban J connectivity index is 1.97. The van der Waals surface area contributed by atoms with Crippen LogP contribution in [0.1, 0.15) is 12.0 Å². The summed E-state index contributed by atoms with van der Waals surface area (Å²) in [4.78, 5) is 0.388. The molecule has 0 radical (unpaired) electrons. The van der Waals surface area contributed by atoms with E-state index in [1.807, 2.05) is 25.1 Å². The van der Waals surface area contributed by atoms with Crippen molar-refractivity contribution in [3.63, 3.8) is 0 Å². The standard InChI is InChI=1S/C15H17NO2S/c1-12-5-9-15(10-6-12)19(17,18)16-11-13-3-2-4-14(16)8-7-13/h2-3,5-10,13-14H,4,11H2,1H3. The van der Waals surface area contributed by atoms with E-state index in [9.17, 15) is 8.42 Å². The van der Waals surface area contributed by atoms with Crippen LogP contribution in [-0.2, 0) is 10.0 Å². The Morgan fingerprint density at radius 3 is 2.58 bits per heavy atom. The van der Waals surface area contributed by atoms with Crippen molar-refractivity contribution in [1.29, 1.82) is 0 Å². The minimum absolute atomic E-state index is 0.0405. The van der Waals surface area contributed by atoms with E-state index in [1.54, 1.807) is 16.4 Å². The zero-order valence-electron chi connectivity index (χ0n) is 10.9. The number of aryl methyl sites for hydroxylation is 1. The second-order valence-corrected chi connectivity index (χ2v) is 7.06. The molecular formula is C15H17NO2S.